The molecule has 0 bridgehead atoms. The highest BCUT2D eigenvalue weighted by Gasteiger charge is 2.21. The second-order valence-electron chi connectivity index (χ2n) is 4.97. The maximum Gasteiger partial charge on any atom is 0.0564 e. The van der Waals surface area contributed by atoms with Crippen molar-refractivity contribution in [2.45, 2.75) is 50.4 Å². The number of aliphatic hydroxyl groups excluding tert-OH is 1. The van der Waals surface area contributed by atoms with E-state index in [9.17, 15) is 5.11 Å². The second-order valence-corrected chi connectivity index (χ2v) is 6.05. The third kappa shape index (κ3) is 5.16. The second kappa shape index (κ2) is 8.35. The topological polar surface area (TPSA) is 35.5 Å². The minimum Gasteiger partial charge on any atom is -0.395 e. The molecule has 2 N–H and O–H groups in total. The van der Waals surface area contributed by atoms with E-state index in [4.69, 9.17) is 0 Å². The first kappa shape index (κ1) is 15.3. The van der Waals surface area contributed by atoms with Crippen LogP contribution < -0.4 is 5.32 Å². The summed E-state index contributed by atoms with van der Waals surface area (Å²) in [6, 6.07) is 1.02. The van der Waals surface area contributed by atoms with Crippen molar-refractivity contribution >= 4 is 11.8 Å². The molecule has 0 aromatic heterocycles. The van der Waals surface area contributed by atoms with Gasteiger partial charge in [-0.15, -0.1) is 0 Å². The van der Waals surface area contributed by atoms with Gasteiger partial charge in [-0.3, -0.25) is 0 Å². The summed E-state index contributed by atoms with van der Waals surface area (Å²) in [4.78, 5) is 2.53. The molecule has 0 aromatic carbocycles. The fourth-order valence-electron chi connectivity index (χ4n) is 2.55. The van der Waals surface area contributed by atoms with Gasteiger partial charge in [-0.1, -0.05) is 6.92 Å². The average Bonchev–Trinajstić information content (AvgIpc) is 2.56. The SMILES string of the molecule is CCN1CCCC(NC(C)C(CO)SC)CC1. The van der Waals surface area contributed by atoms with Crippen molar-refractivity contribution in [1.82, 2.24) is 10.2 Å². The molecule has 3 nitrogen and oxygen atoms in total. The highest BCUT2D eigenvalue weighted by molar-refractivity contribution is 7.99. The molecule has 1 rings (SSSR count). The molecular formula is C13H28N2OS. The summed E-state index contributed by atoms with van der Waals surface area (Å²) in [6.45, 7) is 8.33. The van der Waals surface area contributed by atoms with E-state index in [0.717, 1.165) is 0 Å². The van der Waals surface area contributed by atoms with Gasteiger partial charge in [-0.25, -0.2) is 0 Å². The Morgan fingerprint density at radius 1 is 1.41 bits per heavy atom. The van der Waals surface area contributed by atoms with Crippen LogP contribution in [0.1, 0.15) is 33.1 Å². The Morgan fingerprint density at radius 3 is 2.76 bits per heavy atom. The van der Waals surface area contributed by atoms with Crippen LogP contribution in [0, 0.1) is 0 Å². The van der Waals surface area contributed by atoms with Crippen molar-refractivity contribution in [3.63, 3.8) is 0 Å². The molecule has 0 radical (unpaired) electrons. The van der Waals surface area contributed by atoms with E-state index in [1.165, 1.54) is 38.9 Å². The maximum absolute atomic E-state index is 9.29. The summed E-state index contributed by atoms with van der Waals surface area (Å²) in [5.74, 6) is 0. The smallest absolute Gasteiger partial charge is 0.0564 e. The molecule has 0 saturated carbocycles. The zero-order chi connectivity index (χ0) is 12.7. The van der Waals surface area contributed by atoms with E-state index >= 15 is 0 Å². The quantitative estimate of drug-likeness (QED) is 0.760. The van der Waals surface area contributed by atoms with E-state index in [1.54, 1.807) is 11.8 Å². The zero-order valence-electron chi connectivity index (χ0n) is 11.5. The zero-order valence-corrected chi connectivity index (χ0v) is 12.3. The molecule has 0 amide bonds. The molecule has 102 valence electrons. The molecular weight excluding hydrogens is 232 g/mol. The van der Waals surface area contributed by atoms with E-state index in [-0.39, 0.29) is 6.61 Å². The van der Waals surface area contributed by atoms with Gasteiger partial charge in [0.15, 0.2) is 0 Å². The summed E-state index contributed by atoms with van der Waals surface area (Å²) in [5, 5.41) is 13.3. The fourth-order valence-corrected chi connectivity index (χ4v) is 3.19. The number of rotatable bonds is 6. The Balaban J connectivity index is 2.35. The Hall–Kier alpha value is 0.230. The molecule has 4 heteroatoms. The van der Waals surface area contributed by atoms with Gasteiger partial charge in [-0.05, 0) is 52.1 Å². The summed E-state index contributed by atoms with van der Waals surface area (Å²) < 4.78 is 0. The molecule has 1 heterocycles. The van der Waals surface area contributed by atoms with Gasteiger partial charge in [0.1, 0.15) is 0 Å². The largest absolute Gasteiger partial charge is 0.395 e. The molecule has 1 saturated heterocycles. The molecule has 3 atom stereocenters. The first-order chi connectivity index (χ1) is 8.21. The molecule has 0 spiro atoms. The van der Waals surface area contributed by atoms with Gasteiger partial charge in [0.05, 0.1) is 6.61 Å². The van der Waals surface area contributed by atoms with Gasteiger partial charge in [0.2, 0.25) is 0 Å². The van der Waals surface area contributed by atoms with Crippen LogP contribution in [0.5, 0.6) is 0 Å². The van der Waals surface area contributed by atoms with E-state index in [1.807, 2.05) is 0 Å². The summed E-state index contributed by atoms with van der Waals surface area (Å²) in [7, 11) is 0. The third-order valence-corrected chi connectivity index (χ3v) is 4.97. The van der Waals surface area contributed by atoms with Crippen molar-refractivity contribution in [3.05, 3.63) is 0 Å². The standard InChI is InChI=1S/C13H28N2OS/c1-4-15-8-5-6-12(7-9-15)14-11(2)13(10-16)17-3/h11-14,16H,4-10H2,1-3H3. The number of nitrogens with zero attached hydrogens (tertiary/aromatic N) is 1. The average molecular weight is 260 g/mol. The predicted octanol–water partition coefficient (Wildman–Crippen LogP) is 1.56. The van der Waals surface area contributed by atoms with E-state index < -0.39 is 0 Å². The number of hydrogen-bond donors (Lipinski definition) is 2. The molecule has 1 aliphatic rings. The van der Waals surface area contributed by atoms with Crippen molar-refractivity contribution in [3.8, 4) is 0 Å². The van der Waals surface area contributed by atoms with E-state index in [2.05, 4.69) is 30.3 Å². The molecule has 0 aromatic rings. The van der Waals surface area contributed by atoms with Crippen molar-refractivity contribution in [1.29, 1.82) is 0 Å². The normalized spacial score (nSPS) is 26.5. The number of hydrogen-bond acceptors (Lipinski definition) is 4. The Kier molecular flexibility index (Phi) is 7.51. The highest BCUT2D eigenvalue weighted by Crippen LogP contribution is 2.15. The van der Waals surface area contributed by atoms with Crippen LogP contribution >= 0.6 is 11.8 Å². The summed E-state index contributed by atoms with van der Waals surface area (Å²) in [6.07, 6.45) is 5.88. The summed E-state index contributed by atoms with van der Waals surface area (Å²) >= 11 is 1.75. The Bertz CT molecular complexity index is 200. The maximum atomic E-state index is 9.29. The van der Waals surface area contributed by atoms with Crippen LogP contribution in [0.2, 0.25) is 0 Å². The van der Waals surface area contributed by atoms with Crippen molar-refractivity contribution in [2.75, 3.05) is 32.5 Å². The lowest BCUT2D eigenvalue weighted by Crippen LogP contribution is -2.44. The third-order valence-electron chi connectivity index (χ3n) is 3.81. The molecule has 3 unspecified atom stereocenters. The fraction of sp³-hybridized carbons (Fsp3) is 1.00. The predicted molar refractivity (Wildman–Crippen MR) is 76.7 cm³/mol. The van der Waals surface area contributed by atoms with Crippen LogP contribution in [-0.4, -0.2) is 59.8 Å². The molecule has 17 heavy (non-hydrogen) atoms. The molecule has 0 aliphatic carbocycles. The number of thioether (sulfide) groups is 1. The number of nitrogens with one attached hydrogen (secondary N) is 1. The Labute approximate surface area is 110 Å². The lowest BCUT2D eigenvalue weighted by Gasteiger charge is -2.27. The molecule has 1 aliphatic heterocycles. The van der Waals surface area contributed by atoms with Gasteiger partial charge < -0.3 is 15.3 Å². The lowest BCUT2D eigenvalue weighted by atomic mass is 10.1. The van der Waals surface area contributed by atoms with Crippen molar-refractivity contribution in [2.24, 2.45) is 0 Å². The first-order valence-corrected chi connectivity index (χ1v) is 8.12. The van der Waals surface area contributed by atoms with Gasteiger partial charge >= 0.3 is 0 Å². The van der Waals surface area contributed by atoms with Crippen LogP contribution in [-0.2, 0) is 0 Å². The van der Waals surface area contributed by atoms with Gasteiger partial charge in [0.25, 0.3) is 0 Å². The number of likely N-dealkylation sites (tertiary alicyclic amines) is 1. The van der Waals surface area contributed by atoms with Crippen LogP contribution in [0.3, 0.4) is 0 Å². The van der Waals surface area contributed by atoms with E-state index in [0.29, 0.717) is 17.3 Å². The minimum atomic E-state index is 0.267. The number of aliphatic hydroxyl groups is 1. The first-order valence-electron chi connectivity index (χ1n) is 6.83. The van der Waals surface area contributed by atoms with Crippen LogP contribution in [0.15, 0.2) is 0 Å². The van der Waals surface area contributed by atoms with Crippen LogP contribution in [0.4, 0.5) is 0 Å². The van der Waals surface area contributed by atoms with Gasteiger partial charge in [-0.2, -0.15) is 11.8 Å². The lowest BCUT2D eigenvalue weighted by molar-refractivity contribution is 0.265. The van der Waals surface area contributed by atoms with Gasteiger partial charge in [0, 0.05) is 17.3 Å². The summed E-state index contributed by atoms with van der Waals surface area (Å²) in [5.41, 5.74) is 0. The van der Waals surface area contributed by atoms with Crippen LogP contribution in [0.25, 0.3) is 0 Å². The highest BCUT2D eigenvalue weighted by atomic mass is 32.2. The minimum absolute atomic E-state index is 0.267. The molecule has 1 fully saturated rings. The Morgan fingerprint density at radius 2 is 2.18 bits per heavy atom. The monoisotopic (exact) mass is 260 g/mol. The van der Waals surface area contributed by atoms with Crippen molar-refractivity contribution < 1.29 is 5.11 Å².